The van der Waals surface area contributed by atoms with E-state index in [4.69, 9.17) is 4.74 Å². The zero-order chi connectivity index (χ0) is 20.3. The van der Waals surface area contributed by atoms with E-state index in [-0.39, 0.29) is 35.8 Å². The van der Waals surface area contributed by atoms with E-state index in [0.29, 0.717) is 25.5 Å². The monoisotopic (exact) mass is 526 g/mol. The number of guanidine groups is 1. The number of hydrogen-bond donors (Lipinski definition) is 2. The predicted octanol–water partition coefficient (Wildman–Crippen LogP) is 2.12. The zero-order valence-electron chi connectivity index (χ0n) is 17.6. The van der Waals surface area contributed by atoms with Crippen LogP contribution in [0.2, 0.25) is 0 Å². The minimum Gasteiger partial charge on any atom is -0.492 e. The summed E-state index contributed by atoms with van der Waals surface area (Å²) in [5.74, 6) is 1.67. The normalized spacial score (nSPS) is 13.0. The summed E-state index contributed by atoms with van der Waals surface area (Å²) in [5, 5.41) is 6.45. The lowest BCUT2D eigenvalue weighted by Crippen LogP contribution is -2.42. The Morgan fingerprint density at radius 2 is 2.04 bits per heavy atom. The minimum atomic E-state index is -2.96. The summed E-state index contributed by atoms with van der Waals surface area (Å²) in [6.45, 7) is 6.70. The van der Waals surface area contributed by atoms with Gasteiger partial charge in [-0.2, -0.15) is 0 Å². The molecule has 0 radical (unpaired) electrons. The molecule has 1 rings (SSSR count). The van der Waals surface area contributed by atoms with Crippen molar-refractivity contribution in [1.29, 1.82) is 0 Å². The van der Waals surface area contributed by atoms with Gasteiger partial charge in [-0.15, -0.1) is 24.0 Å². The van der Waals surface area contributed by atoms with Crippen LogP contribution in [-0.2, 0) is 16.4 Å². The molecule has 0 spiro atoms. The maximum Gasteiger partial charge on any atom is 0.191 e. The van der Waals surface area contributed by atoms with Gasteiger partial charge in [-0.1, -0.05) is 12.1 Å². The van der Waals surface area contributed by atoms with Gasteiger partial charge in [0.05, 0.1) is 12.3 Å². The molecule has 0 aliphatic heterocycles. The molecule has 0 aromatic heterocycles. The molecule has 2 N–H and O–H groups in total. The highest BCUT2D eigenvalue weighted by Crippen LogP contribution is 2.14. The molecule has 0 heterocycles. The predicted molar refractivity (Wildman–Crippen MR) is 128 cm³/mol. The van der Waals surface area contributed by atoms with Crippen molar-refractivity contribution < 1.29 is 13.2 Å². The lowest BCUT2D eigenvalue weighted by atomic mass is 10.2. The van der Waals surface area contributed by atoms with Crippen LogP contribution in [-0.4, -0.2) is 71.1 Å². The highest BCUT2D eigenvalue weighted by atomic mass is 127. The van der Waals surface area contributed by atoms with Crippen molar-refractivity contribution in [3.63, 3.8) is 0 Å². The van der Waals surface area contributed by atoms with E-state index < -0.39 is 9.84 Å². The summed E-state index contributed by atoms with van der Waals surface area (Å²) in [4.78, 5) is 6.68. The van der Waals surface area contributed by atoms with Gasteiger partial charge in [-0.3, -0.25) is 0 Å². The average molecular weight is 526 g/mol. The summed E-state index contributed by atoms with van der Waals surface area (Å²) in [7, 11) is 1.07. The third kappa shape index (κ3) is 13.2. The summed E-state index contributed by atoms with van der Waals surface area (Å²) >= 11 is 0. The number of hydrogen-bond acceptors (Lipinski definition) is 5. The lowest BCUT2D eigenvalue weighted by Gasteiger charge is -2.17. The summed E-state index contributed by atoms with van der Waals surface area (Å²) in [6.07, 6.45) is 1.80. The molecule has 0 amide bonds. The van der Waals surface area contributed by atoms with Crippen LogP contribution < -0.4 is 15.4 Å². The second-order valence-corrected chi connectivity index (χ2v) is 9.22. The number of sulfone groups is 1. The average Bonchev–Trinajstić information content (AvgIpc) is 2.57. The second-order valence-electron chi connectivity index (χ2n) is 6.96. The van der Waals surface area contributed by atoms with Crippen molar-refractivity contribution in [2.75, 3.05) is 45.8 Å². The van der Waals surface area contributed by atoms with E-state index >= 15 is 0 Å². The summed E-state index contributed by atoms with van der Waals surface area (Å²) < 4.78 is 28.4. The fourth-order valence-corrected chi connectivity index (χ4v) is 3.05. The maximum absolute atomic E-state index is 11.3. The fourth-order valence-electron chi connectivity index (χ4n) is 2.27. The molecule has 1 aromatic carbocycles. The van der Waals surface area contributed by atoms with Gasteiger partial charge in [0.15, 0.2) is 5.96 Å². The molecule has 0 aliphatic carbocycles. The van der Waals surface area contributed by atoms with Crippen molar-refractivity contribution in [3.05, 3.63) is 29.8 Å². The van der Waals surface area contributed by atoms with E-state index in [1.807, 2.05) is 52.2 Å². The Morgan fingerprint density at radius 1 is 1.32 bits per heavy atom. The largest absolute Gasteiger partial charge is 0.492 e. The zero-order valence-corrected chi connectivity index (χ0v) is 20.7. The number of benzene rings is 1. The van der Waals surface area contributed by atoms with Crippen LogP contribution >= 0.6 is 24.0 Å². The third-order valence-corrected chi connectivity index (χ3v) is 4.75. The Balaban J connectivity index is 0.00000729. The number of aliphatic imine (C=N–C) groups is 1. The van der Waals surface area contributed by atoms with Crippen LogP contribution in [0, 0.1) is 0 Å². The molecule has 0 saturated carbocycles. The number of nitrogens with one attached hydrogen (secondary N) is 2. The number of rotatable bonds is 11. The fraction of sp³-hybridized carbons (Fsp3) is 0.632. The van der Waals surface area contributed by atoms with E-state index in [0.717, 1.165) is 24.4 Å². The van der Waals surface area contributed by atoms with Crippen LogP contribution in [0.5, 0.6) is 5.75 Å². The molecule has 7 nitrogen and oxygen atoms in total. The Morgan fingerprint density at radius 3 is 2.64 bits per heavy atom. The number of nitrogens with zero attached hydrogens (tertiary/aromatic N) is 2. The van der Waals surface area contributed by atoms with Crippen molar-refractivity contribution in [3.8, 4) is 5.75 Å². The summed E-state index contributed by atoms with van der Waals surface area (Å²) in [5.41, 5.74) is 1.05. The van der Waals surface area contributed by atoms with Crippen LogP contribution in [0.25, 0.3) is 0 Å². The molecular weight excluding hydrogens is 491 g/mol. The van der Waals surface area contributed by atoms with Gasteiger partial charge >= 0.3 is 0 Å². The molecule has 28 heavy (non-hydrogen) atoms. The third-order valence-electron chi connectivity index (χ3n) is 3.77. The minimum absolute atomic E-state index is 0. The first-order valence-electron chi connectivity index (χ1n) is 9.28. The SMILES string of the molecule is CCNC(=NCc1cccc(OCCN(C)C)c1)NC(C)CCS(C)(=O)=O.I. The number of ether oxygens (including phenoxy) is 1. The first-order chi connectivity index (χ1) is 12.7. The van der Waals surface area contributed by atoms with Gasteiger partial charge in [0.2, 0.25) is 0 Å². The first-order valence-corrected chi connectivity index (χ1v) is 11.3. The van der Waals surface area contributed by atoms with Crippen molar-refractivity contribution in [1.82, 2.24) is 15.5 Å². The molecule has 0 saturated heterocycles. The molecular formula is C19H35IN4O3S. The van der Waals surface area contributed by atoms with Crippen LogP contribution in [0.15, 0.2) is 29.3 Å². The maximum atomic E-state index is 11.3. The summed E-state index contributed by atoms with van der Waals surface area (Å²) in [6, 6.07) is 7.93. The van der Waals surface area contributed by atoms with Crippen LogP contribution in [0.3, 0.4) is 0 Å². The van der Waals surface area contributed by atoms with E-state index in [1.54, 1.807) is 0 Å². The van der Waals surface area contributed by atoms with Crippen molar-refractivity contribution >= 4 is 39.8 Å². The Bertz CT molecular complexity index is 696. The van der Waals surface area contributed by atoms with Gasteiger partial charge in [0.1, 0.15) is 22.2 Å². The highest BCUT2D eigenvalue weighted by Gasteiger charge is 2.09. The van der Waals surface area contributed by atoms with E-state index in [2.05, 4.69) is 20.5 Å². The Kier molecular flexibility index (Phi) is 13.5. The number of likely N-dealkylation sites (N-methyl/N-ethyl adjacent to an activating group) is 1. The molecule has 0 aliphatic rings. The topological polar surface area (TPSA) is 83.0 Å². The first kappa shape index (κ1) is 26.9. The molecule has 0 fully saturated rings. The van der Waals surface area contributed by atoms with Gasteiger partial charge in [0, 0.05) is 25.4 Å². The molecule has 162 valence electrons. The smallest absolute Gasteiger partial charge is 0.191 e. The van der Waals surface area contributed by atoms with E-state index in [9.17, 15) is 8.42 Å². The molecule has 1 aromatic rings. The molecule has 1 atom stereocenters. The molecule has 9 heteroatoms. The van der Waals surface area contributed by atoms with E-state index in [1.165, 1.54) is 6.26 Å². The number of halogens is 1. The molecule has 0 bridgehead atoms. The standard InChI is InChI=1S/C19H34N4O3S.HI/c1-6-20-19(22-16(2)10-13-27(5,24)25)21-15-17-8-7-9-18(14-17)26-12-11-23(3)4;/h7-9,14,16H,6,10-13,15H2,1-5H3,(H2,20,21,22);1H. The van der Waals surface area contributed by atoms with Gasteiger partial charge in [0.25, 0.3) is 0 Å². The highest BCUT2D eigenvalue weighted by molar-refractivity contribution is 14.0. The Hall–Kier alpha value is -1.07. The van der Waals surface area contributed by atoms with Gasteiger partial charge in [-0.25, -0.2) is 13.4 Å². The van der Waals surface area contributed by atoms with Crippen molar-refractivity contribution in [2.24, 2.45) is 4.99 Å². The lowest BCUT2D eigenvalue weighted by molar-refractivity contribution is 0.261. The molecule has 1 unspecified atom stereocenters. The Labute approximate surface area is 187 Å². The quantitative estimate of drug-likeness (QED) is 0.261. The second kappa shape index (κ2) is 14.0. The van der Waals surface area contributed by atoms with Gasteiger partial charge < -0.3 is 20.3 Å². The van der Waals surface area contributed by atoms with Crippen LogP contribution in [0.4, 0.5) is 0 Å². The van der Waals surface area contributed by atoms with Gasteiger partial charge in [-0.05, 0) is 52.1 Å². The van der Waals surface area contributed by atoms with Crippen molar-refractivity contribution in [2.45, 2.75) is 32.9 Å². The van der Waals surface area contributed by atoms with Crippen LogP contribution in [0.1, 0.15) is 25.8 Å².